The summed E-state index contributed by atoms with van der Waals surface area (Å²) in [5.74, 6) is -2.04. The first-order valence-electron chi connectivity index (χ1n) is 12.1. The molecule has 0 heterocycles. The minimum Gasteiger partial charge on any atom is -0.494 e. The van der Waals surface area contributed by atoms with Crippen LogP contribution in [0.3, 0.4) is 0 Å². The average Bonchev–Trinajstić information content (AvgIpc) is 2.83. The number of carbonyl (C=O) groups excluding carboxylic acids is 2. The highest BCUT2D eigenvalue weighted by Gasteiger charge is 2.20. The van der Waals surface area contributed by atoms with Crippen LogP contribution in [0.25, 0.3) is 0 Å². The predicted octanol–water partition coefficient (Wildman–Crippen LogP) is 3.00. The first-order valence-corrected chi connectivity index (χ1v) is 12.1. The minimum absolute atomic E-state index is 0.0169. The lowest BCUT2D eigenvalue weighted by atomic mass is 10.1. The monoisotopic (exact) mass is 494 g/mol. The molecule has 0 aliphatic rings. The zero-order valence-corrected chi connectivity index (χ0v) is 20.4. The van der Waals surface area contributed by atoms with Crippen LogP contribution < -0.4 is 15.4 Å². The summed E-state index contributed by atoms with van der Waals surface area (Å²) in [6.45, 7) is 1.32. The fraction of sp³-hybridized carbons (Fsp3) is 0.600. The van der Waals surface area contributed by atoms with Crippen LogP contribution in [0.15, 0.2) is 24.3 Å². The van der Waals surface area contributed by atoms with E-state index in [1.54, 1.807) is 12.1 Å². The van der Waals surface area contributed by atoms with Gasteiger partial charge in [-0.3, -0.25) is 9.59 Å². The maximum atomic E-state index is 12.1. The number of ether oxygens (including phenoxy) is 2. The molecule has 0 saturated carbocycles. The fourth-order valence-electron chi connectivity index (χ4n) is 3.34. The Morgan fingerprint density at radius 1 is 0.829 bits per heavy atom. The van der Waals surface area contributed by atoms with E-state index in [9.17, 15) is 24.3 Å². The normalized spacial score (nSPS) is 11.5. The lowest BCUT2D eigenvalue weighted by molar-refractivity contribution is -0.142. The molecular weight excluding hydrogens is 456 g/mol. The van der Waals surface area contributed by atoms with E-state index in [0.29, 0.717) is 31.9 Å². The van der Waals surface area contributed by atoms with Crippen molar-refractivity contribution in [1.29, 1.82) is 0 Å². The zero-order valence-electron chi connectivity index (χ0n) is 20.4. The molecule has 1 aromatic carbocycles. The van der Waals surface area contributed by atoms with Gasteiger partial charge < -0.3 is 30.3 Å². The number of hydrogen-bond acceptors (Lipinski definition) is 6. The molecule has 196 valence electrons. The number of carbonyl (C=O) groups is 4. The number of aliphatic carboxylic acids is 1. The third kappa shape index (κ3) is 14.7. The Labute approximate surface area is 206 Å². The summed E-state index contributed by atoms with van der Waals surface area (Å²) in [4.78, 5) is 45.9. The van der Waals surface area contributed by atoms with Crippen molar-refractivity contribution in [3.05, 3.63) is 29.8 Å². The summed E-state index contributed by atoms with van der Waals surface area (Å²) in [6, 6.07) is 5.26. The molecule has 0 bridgehead atoms. The van der Waals surface area contributed by atoms with Crippen molar-refractivity contribution in [1.82, 2.24) is 10.6 Å². The molecule has 1 rings (SSSR count). The van der Waals surface area contributed by atoms with Gasteiger partial charge in [-0.25, -0.2) is 9.59 Å². The molecule has 0 aliphatic heterocycles. The van der Waals surface area contributed by atoms with Crippen LogP contribution in [-0.2, 0) is 19.1 Å². The van der Waals surface area contributed by atoms with E-state index in [4.69, 9.17) is 14.6 Å². The van der Waals surface area contributed by atoms with Crippen LogP contribution in [0.5, 0.6) is 5.75 Å². The molecule has 0 saturated heterocycles. The van der Waals surface area contributed by atoms with Gasteiger partial charge in [0.1, 0.15) is 11.8 Å². The number of aromatic carboxylic acids is 1. The highest BCUT2D eigenvalue weighted by Crippen LogP contribution is 2.14. The van der Waals surface area contributed by atoms with Crippen molar-refractivity contribution in [3.8, 4) is 5.75 Å². The summed E-state index contributed by atoms with van der Waals surface area (Å²) in [6.07, 6.45) is 6.92. The van der Waals surface area contributed by atoms with E-state index in [0.717, 1.165) is 38.5 Å². The number of benzene rings is 1. The molecule has 0 radical (unpaired) electrons. The quantitative estimate of drug-likeness (QED) is 0.202. The second-order valence-electron chi connectivity index (χ2n) is 8.24. The predicted molar refractivity (Wildman–Crippen MR) is 130 cm³/mol. The second-order valence-corrected chi connectivity index (χ2v) is 8.24. The van der Waals surface area contributed by atoms with Gasteiger partial charge in [0.2, 0.25) is 11.8 Å². The molecule has 0 aromatic heterocycles. The Bertz CT molecular complexity index is 782. The summed E-state index contributed by atoms with van der Waals surface area (Å²) in [7, 11) is 1.52. The van der Waals surface area contributed by atoms with Gasteiger partial charge in [0.25, 0.3) is 0 Å². The summed E-state index contributed by atoms with van der Waals surface area (Å²) in [5.41, 5.74) is 0.231. The largest absolute Gasteiger partial charge is 0.494 e. The Morgan fingerprint density at radius 2 is 1.46 bits per heavy atom. The van der Waals surface area contributed by atoms with E-state index in [1.165, 1.54) is 19.2 Å². The first kappa shape index (κ1) is 29.9. The number of methoxy groups -OCH3 is 1. The smallest absolute Gasteiger partial charge is 0.335 e. The van der Waals surface area contributed by atoms with Crippen molar-refractivity contribution in [3.63, 3.8) is 0 Å². The molecular formula is C25H38N2O8. The van der Waals surface area contributed by atoms with Gasteiger partial charge in [-0.15, -0.1) is 0 Å². The van der Waals surface area contributed by atoms with E-state index in [-0.39, 0.29) is 36.6 Å². The number of unbranched alkanes of at least 4 members (excludes halogenated alkanes) is 6. The molecule has 4 N–H and O–H groups in total. The second kappa shape index (κ2) is 18.2. The maximum Gasteiger partial charge on any atom is 0.335 e. The van der Waals surface area contributed by atoms with Gasteiger partial charge in [0.15, 0.2) is 0 Å². The topological polar surface area (TPSA) is 151 Å². The number of hydrogen-bond donors (Lipinski definition) is 4. The number of carboxylic acids is 2. The highest BCUT2D eigenvalue weighted by atomic mass is 16.5. The number of carboxylic acid groups (broad SMARTS) is 2. The summed E-state index contributed by atoms with van der Waals surface area (Å²) < 4.78 is 10.4. The minimum atomic E-state index is -1.15. The van der Waals surface area contributed by atoms with Crippen LogP contribution in [-0.4, -0.2) is 66.9 Å². The fourth-order valence-corrected chi connectivity index (χ4v) is 3.34. The van der Waals surface area contributed by atoms with Gasteiger partial charge in [-0.2, -0.15) is 0 Å². The Morgan fingerprint density at radius 3 is 2.06 bits per heavy atom. The van der Waals surface area contributed by atoms with Crippen molar-refractivity contribution < 1.29 is 38.9 Å². The SMILES string of the molecule is COCCNC(=O)CC[C@H](NC(=O)CCCCCCCCCOc1ccc(C(=O)O)cc1)C(=O)O. The molecule has 10 heteroatoms. The molecule has 0 unspecified atom stereocenters. The van der Waals surface area contributed by atoms with Crippen LogP contribution in [0.4, 0.5) is 0 Å². The summed E-state index contributed by atoms with van der Waals surface area (Å²) >= 11 is 0. The van der Waals surface area contributed by atoms with E-state index < -0.39 is 18.0 Å². The molecule has 35 heavy (non-hydrogen) atoms. The average molecular weight is 495 g/mol. The van der Waals surface area contributed by atoms with E-state index in [1.807, 2.05) is 0 Å². The van der Waals surface area contributed by atoms with Gasteiger partial charge in [-0.05, 0) is 43.5 Å². The van der Waals surface area contributed by atoms with Gasteiger partial charge in [0.05, 0.1) is 18.8 Å². The number of rotatable bonds is 20. The van der Waals surface area contributed by atoms with Crippen molar-refractivity contribution in [2.45, 2.75) is 70.3 Å². The first-order chi connectivity index (χ1) is 16.8. The van der Waals surface area contributed by atoms with Crippen LogP contribution in [0.2, 0.25) is 0 Å². The third-order valence-electron chi connectivity index (χ3n) is 5.34. The van der Waals surface area contributed by atoms with Gasteiger partial charge in [0, 0.05) is 26.5 Å². The third-order valence-corrected chi connectivity index (χ3v) is 5.34. The summed E-state index contributed by atoms with van der Waals surface area (Å²) in [5, 5.41) is 23.3. The van der Waals surface area contributed by atoms with Gasteiger partial charge >= 0.3 is 11.9 Å². The lowest BCUT2D eigenvalue weighted by Crippen LogP contribution is -2.41. The Kier molecular flexibility index (Phi) is 15.6. The molecule has 10 nitrogen and oxygen atoms in total. The van der Waals surface area contributed by atoms with Crippen molar-refractivity contribution in [2.24, 2.45) is 0 Å². The van der Waals surface area contributed by atoms with Crippen LogP contribution >= 0.6 is 0 Å². The molecule has 1 aromatic rings. The molecule has 0 aliphatic carbocycles. The maximum absolute atomic E-state index is 12.1. The lowest BCUT2D eigenvalue weighted by Gasteiger charge is -2.14. The van der Waals surface area contributed by atoms with Crippen LogP contribution in [0, 0.1) is 0 Å². The van der Waals surface area contributed by atoms with Crippen molar-refractivity contribution >= 4 is 23.8 Å². The zero-order chi connectivity index (χ0) is 25.9. The number of amides is 2. The molecule has 1 atom stereocenters. The molecule has 2 amide bonds. The molecule has 0 fully saturated rings. The van der Waals surface area contributed by atoms with E-state index >= 15 is 0 Å². The van der Waals surface area contributed by atoms with Crippen molar-refractivity contribution in [2.75, 3.05) is 26.9 Å². The Hall–Kier alpha value is -3.14. The van der Waals surface area contributed by atoms with Gasteiger partial charge in [-0.1, -0.05) is 32.1 Å². The van der Waals surface area contributed by atoms with Crippen LogP contribution in [0.1, 0.15) is 74.6 Å². The van der Waals surface area contributed by atoms with E-state index in [2.05, 4.69) is 10.6 Å². The standard InChI is InChI=1S/C25H38N2O8/c1-34-18-16-26-22(28)15-14-21(25(32)33)27-23(29)9-7-5-3-2-4-6-8-17-35-20-12-10-19(11-13-20)24(30)31/h10-13,21H,2-9,14-18H2,1H3,(H,26,28)(H,27,29)(H,30,31)(H,32,33)/t21-/m0/s1. The Balaban J connectivity index is 2.05. The molecule has 0 spiro atoms. The number of nitrogens with one attached hydrogen (secondary N) is 2. The highest BCUT2D eigenvalue weighted by molar-refractivity contribution is 5.87.